The van der Waals surface area contributed by atoms with Crippen LogP contribution in [0.5, 0.6) is 5.75 Å². The number of ether oxygens (including phenoxy) is 1. The number of nitrogens with zero attached hydrogens (tertiary/aromatic N) is 3. The summed E-state index contributed by atoms with van der Waals surface area (Å²) in [5.74, 6) is 1.00. The lowest BCUT2D eigenvalue weighted by atomic mass is 10.1. The number of fused-ring (bicyclic) bond motifs is 1. The highest BCUT2D eigenvalue weighted by Crippen LogP contribution is 2.34. The minimum atomic E-state index is -0.192. The average molecular weight is 323 g/mol. The largest absolute Gasteiger partial charge is 0.488 e. The van der Waals surface area contributed by atoms with Crippen LogP contribution in [0.1, 0.15) is 17.3 Å². The predicted molar refractivity (Wildman–Crippen MR) is 90.5 cm³/mol. The second-order valence-corrected chi connectivity index (χ2v) is 5.54. The van der Waals surface area contributed by atoms with Crippen LogP contribution in [0.4, 0.5) is 5.82 Å². The number of hydrogen-bond acceptors (Lipinski definition) is 5. The van der Waals surface area contributed by atoms with Crippen molar-refractivity contribution < 1.29 is 14.3 Å². The molecule has 3 rings (SSSR count). The Morgan fingerprint density at radius 3 is 2.92 bits per heavy atom. The Hall–Kier alpha value is -3.15. The van der Waals surface area contributed by atoms with E-state index in [-0.39, 0.29) is 5.91 Å². The van der Waals surface area contributed by atoms with E-state index in [1.54, 1.807) is 19.2 Å². The van der Waals surface area contributed by atoms with Gasteiger partial charge in [0.25, 0.3) is 5.91 Å². The van der Waals surface area contributed by atoms with Crippen LogP contribution >= 0.6 is 0 Å². The first-order valence-electron chi connectivity index (χ1n) is 7.44. The highest BCUT2D eigenvalue weighted by atomic mass is 16.5. The highest BCUT2D eigenvalue weighted by Gasteiger charge is 2.25. The molecule has 6 heteroatoms. The molecule has 2 aliphatic rings. The van der Waals surface area contributed by atoms with Crippen molar-refractivity contribution in [1.82, 2.24) is 9.88 Å². The number of rotatable bonds is 3. The van der Waals surface area contributed by atoms with Crippen LogP contribution < -0.4 is 9.64 Å². The third-order valence-corrected chi connectivity index (χ3v) is 3.73. The second-order valence-electron chi connectivity index (χ2n) is 5.54. The lowest BCUT2D eigenvalue weighted by Crippen LogP contribution is -2.35. The van der Waals surface area contributed by atoms with Crippen LogP contribution in [0.3, 0.4) is 0 Å². The molecule has 3 heterocycles. The van der Waals surface area contributed by atoms with Gasteiger partial charge in [0, 0.05) is 34.9 Å². The van der Waals surface area contributed by atoms with E-state index in [1.807, 2.05) is 17.1 Å². The van der Waals surface area contributed by atoms with E-state index in [0.717, 1.165) is 12.0 Å². The van der Waals surface area contributed by atoms with Crippen LogP contribution in [0.15, 0.2) is 60.7 Å². The first kappa shape index (κ1) is 15.7. The topological polar surface area (TPSA) is 62.7 Å². The maximum absolute atomic E-state index is 12.1. The number of hydrogen-bond donors (Lipinski definition) is 0. The molecule has 1 aromatic heterocycles. The summed E-state index contributed by atoms with van der Waals surface area (Å²) < 4.78 is 5.59. The van der Waals surface area contributed by atoms with Crippen molar-refractivity contribution in [2.45, 2.75) is 6.92 Å². The molecule has 0 spiro atoms. The number of aromatic nitrogens is 1. The van der Waals surface area contributed by atoms with Gasteiger partial charge in [-0.05, 0) is 25.1 Å². The molecule has 0 aromatic carbocycles. The van der Waals surface area contributed by atoms with Crippen molar-refractivity contribution >= 4 is 18.0 Å². The molecule has 2 aliphatic heterocycles. The van der Waals surface area contributed by atoms with Gasteiger partial charge in [-0.25, -0.2) is 4.98 Å². The van der Waals surface area contributed by atoms with Gasteiger partial charge in [-0.15, -0.1) is 0 Å². The van der Waals surface area contributed by atoms with Crippen molar-refractivity contribution in [1.29, 1.82) is 0 Å². The zero-order chi connectivity index (χ0) is 17.3. The number of carbonyl (C=O) groups is 2. The molecule has 0 atom stereocenters. The molecule has 0 aliphatic carbocycles. The normalized spacial score (nSPS) is 16.2. The van der Waals surface area contributed by atoms with E-state index in [4.69, 9.17) is 4.74 Å². The number of amides is 1. The second kappa shape index (κ2) is 6.16. The SMILES string of the molecule is C=C(C)C(=O)N1C=CC(N2CCOc3cc(C=O)cnc32)=CC1=C. The summed E-state index contributed by atoms with van der Waals surface area (Å²) in [6.07, 6.45) is 7.54. The van der Waals surface area contributed by atoms with Gasteiger partial charge in [0.2, 0.25) is 0 Å². The number of pyridine rings is 1. The Bertz CT molecular complexity index is 808. The number of carbonyl (C=O) groups excluding carboxylic acids is 2. The van der Waals surface area contributed by atoms with Crippen molar-refractivity contribution in [3.63, 3.8) is 0 Å². The molecular formula is C18H17N3O3. The predicted octanol–water partition coefficient (Wildman–Crippen LogP) is 2.42. The van der Waals surface area contributed by atoms with E-state index in [0.29, 0.717) is 41.6 Å². The summed E-state index contributed by atoms with van der Waals surface area (Å²) in [6, 6.07) is 1.67. The fourth-order valence-corrected chi connectivity index (χ4v) is 2.54. The van der Waals surface area contributed by atoms with Crippen LogP contribution in [0.2, 0.25) is 0 Å². The number of aldehydes is 1. The van der Waals surface area contributed by atoms with Gasteiger partial charge in [0.15, 0.2) is 17.9 Å². The zero-order valence-corrected chi connectivity index (χ0v) is 13.4. The molecule has 1 amide bonds. The highest BCUT2D eigenvalue weighted by molar-refractivity contribution is 5.94. The third kappa shape index (κ3) is 2.74. The molecule has 0 saturated heterocycles. The van der Waals surface area contributed by atoms with E-state index in [1.165, 1.54) is 11.1 Å². The molecule has 6 nitrogen and oxygen atoms in total. The Balaban J connectivity index is 1.90. The van der Waals surface area contributed by atoms with E-state index in [9.17, 15) is 9.59 Å². The molecule has 0 unspecified atom stereocenters. The molecule has 0 radical (unpaired) electrons. The average Bonchev–Trinajstić information content (AvgIpc) is 2.59. The summed E-state index contributed by atoms with van der Waals surface area (Å²) in [7, 11) is 0. The van der Waals surface area contributed by atoms with Crippen molar-refractivity contribution in [3.05, 3.63) is 66.3 Å². The summed E-state index contributed by atoms with van der Waals surface area (Å²) in [6.45, 7) is 10.4. The van der Waals surface area contributed by atoms with Crippen molar-refractivity contribution in [2.75, 3.05) is 18.1 Å². The smallest absolute Gasteiger partial charge is 0.257 e. The van der Waals surface area contributed by atoms with Gasteiger partial charge in [-0.3, -0.25) is 14.5 Å². The van der Waals surface area contributed by atoms with Crippen molar-refractivity contribution in [3.8, 4) is 5.75 Å². The van der Waals surface area contributed by atoms with Crippen LogP contribution in [0, 0.1) is 0 Å². The molecule has 1 aromatic rings. The quantitative estimate of drug-likeness (QED) is 0.631. The fraction of sp³-hybridized carbons (Fsp3) is 0.167. The van der Waals surface area contributed by atoms with E-state index >= 15 is 0 Å². The molecule has 0 bridgehead atoms. The lowest BCUT2D eigenvalue weighted by molar-refractivity contribution is -0.123. The summed E-state index contributed by atoms with van der Waals surface area (Å²) >= 11 is 0. The zero-order valence-electron chi connectivity index (χ0n) is 13.4. The first-order valence-corrected chi connectivity index (χ1v) is 7.44. The maximum atomic E-state index is 12.1. The Kier molecular flexibility index (Phi) is 4.04. The Morgan fingerprint density at radius 2 is 2.25 bits per heavy atom. The molecule has 0 saturated carbocycles. The number of anilines is 1. The minimum absolute atomic E-state index is 0.192. The number of allylic oxidation sites excluding steroid dienone is 2. The molecule has 0 fully saturated rings. The van der Waals surface area contributed by atoms with E-state index < -0.39 is 0 Å². The van der Waals surface area contributed by atoms with Gasteiger partial charge in [0.1, 0.15) is 6.61 Å². The Morgan fingerprint density at radius 1 is 1.46 bits per heavy atom. The van der Waals surface area contributed by atoms with Crippen molar-refractivity contribution in [2.24, 2.45) is 0 Å². The van der Waals surface area contributed by atoms with Crippen LogP contribution in [0.25, 0.3) is 0 Å². The van der Waals surface area contributed by atoms with Gasteiger partial charge < -0.3 is 9.64 Å². The lowest BCUT2D eigenvalue weighted by Gasteiger charge is -2.33. The van der Waals surface area contributed by atoms with E-state index in [2.05, 4.69) is 18.1 Å². The molecule has 24 heavy (non-hydrogen) atoms. The monoisotopic (exact) mass is 323 g/mol. The van der Waals surface area contributed by atoms with Crippen LogP contribution in [-0.4, -0.2) is 35.2 Å². The van der Waals surface area contributed by atoms with Gasteiger partial charge in [0.05, 0.1) is 6.54 Å². The molecule has 0 N–H and O–H groups in total. The fourth-order valence-electron chi connectivity index (χ4n) is 2.54. The summed E-state index contributed by atoms with van der Waals surface area (Å²) in [5, 5.41) is 0. The standard InChI is InChI=1S/C18H17N3O3/c1-12(2)18(23)20-5-4-15(8-13(20)3)21-6-7-24-16-9-14(11-22)10-19-17(16)21/h4-5,8-11H,1,3,6-7H2,2H3. The third-order valence-electron chi connectivity index (χ3n) is 3.73. The molecular weight excluding hydrogens is 306 g/mol. The molecule has 122 valence electrons. The van der Waals surface area contributed by atoms with Gasteiger partial charge >= 0.3 is 0 Å². The van der Waals surface area contributed by atoms with Crippen LogP contribution in [-0.2, 0) is 4.79 Å². The Labute approximate surface area is 140 Å². The summed E-state index contributed by atoms with van der Waals surface area (Å²) in [5.41, 5.74) is 2.31. The van der Waals surface area contributed by atoms with Gasteiger partial charge in [-0.1, -0.05) is 13.2 Å². The van der Waals surface area contributed by atoms with Gasteiger partial charge in [-0.2, -0.15) is 0 Å². The summed E-state index contributed by atoms with van der Waals surface area (Å²) in [4.78, 5) is 30.7. The maximum Gasteiger partial charge on any atom is 0.257 e. The minimum Gasteiger partial charge on any atom is -0.488 e. The first-order chi connectivity index (χ1) is 11.5.